The van der Waals surface area contributed by atoms with E-state index in [2.05, 4.69) is 17.6 Å². The van der Waals surface area contributed by atoms with Gasteiger partial charge in [-0.2, -0.15) is 0 Å². The molecule has 3 atom stereocenters. The molecule has 1 saturated heterocycles. The van der Waals surface area contributed by atoms with Crippen LogP contribution >= 0.6 is 0 Å². The highest BCUT2D eigenvalue weighted by molar-refractivity contribution is 4.95. The van der Waals surface area contributed by atoms with Crippen molar-refractivity contribution in [2.45, 2.75) is 76.8 Å². The lowest BCUT2D eigenvalue weighted by Gasteiger charge is -2.40. The fourth-order valence-electron chi connectivity index (χ4n) is 3.91. The van der Waals surface area contributed by atoms with E-state index >= 15 is 0 Å². The van der Waals surface area contributed by atoms with Gasteiger partial charge in [0.1, 0.15) is 0 Å². The summed E-state index contributed by atoms with van der Waals surface area (Å²) < 4.78 is 0. The lowest BCUT2D eigenvalue weighted by Crippen LogP contribution is -2.51. The average Bonchev–Trinajstić information content (AvgIpc) is 3.16. The zero-order chi connectivity index (χ0) is 12.4. The largest absolute Gasteiger partial charge is 0.314 e. The molecule has 2 heteroatoms. The molecular formula is C16H30N2. The lowest BCUT2D eigenvalue weighted by molar-refractivity contribution is 0.177. The molecule has 3 aliphatic rings. The molecule has 0 bridgehead atoms. The Morgan fingerprint density at radius 2 is 1.83 bits per heavy atom. The molecule has 0 aromatic rings. The summed E-state index contributed by atoms with van der Waals surface area (Å²) in [4.78, 5) is 0. The molecule has 3 unspecified atom stereocenters. The van der Waals surface area contributed by atoms with E-state index in [1.54, 1.807) is 0 Å². The van der Waals surface area contributed by atoms with Gasteiger partial charge in [0.05, 0.1) is 0 Å². The van der Waals surface area contributed by atoms with E-state index in [1.165, 1.54) is 70.9 Å². The summed E-state index contributed by atoms with van der Waals surface area (Å²) in [6, 6.07) is 1.61. The first-order chi connectivity index (χ1) is 8.77. The molecule has 0 aromatic carbocycles. The molecule has 104 valence electrons. The van der Waals surface area contributed by atoms with Crippen molar-refractivity contribution in [3.63, 3.8) is 0 Å². The third-order valence-electron chi connectivity index (χ3n) is 5.58. The van der Waals surface area contributed by atoms with Crippen LogP contribution in [0.2, 0.25) is 0 Å². The average molecular weight is 250 g/mol. The summed E-state index contributed by atoms with van der Waals surface area (Å²) in [5.41, 5.74) is 0.655. The standard InChI is InChI=1S/C16H30N2/c1-16(9-10-16)12-18-15-7-3-2-6-13(15)14-8-4-5-11-17-14/h13-15,17-18H,2-12H2,1H3. The minimum absolute atomic E-state index is 0.655. The predicted molar refractivity (Wildman–Crippen MR) is 76.7 cm³/mol. The SMILES string of the molecule is CC1(CNC2CCCCC2C2CCCCN2)CC1. The van der Waals surface area contributed by atoms with Crippen molar-refractivity contribution in [2.75, 3.05) is 13.1 Å². The Hall–Kier alpha value is -0.0800. The second kappa shape index (κ2) is 5.50. The van der Waals surface area contributed by atoms with Crippen molar-refractivity contribution in [2.24, 2.45) is 11.3 Å². The Labute approximate surface area is 112 Å². The topological polar surface area (TPSA) is 24.1 Å². The third kappa shape index (κ3) is 3.08. The first kappa shape index (κ1) is 12.9. The number of hydrogen-bond donors (Lipinski definition) is 2. The Morgan fingerprint density at radius 3 is 2.56 bits per heavy atom. The second-order valence-corrected chi connectivity index (χ2v) is 7.30. The molecule has 2 nitrogen and oxygen atoms in total. The molecule has 18 heavy (non-hydrogen) atoms. The van der Waals surface area contributed by atoms with Gasteiger partial charge in [-0.25, -0.2) is 0 Å². The molecule has 0 spiro atoms. The second-order valence-electron chi connectivity index (χ2n) is 7.30. The Bertz CT molecular complexity index is 266. The Morgan fingerprint density at radius 1 is 1.06 bits per heavy atom. The van der Waals surface area contributed by atoms with Crippen molar-refractivity contribution < 1.29 is 0 Å². The van der Waals surface area contributed by atoms with Crippen molar-refractivity contribution in [3.8, 4) is 0 Å². The van der Waals surface area contributed by atoms with Gasteiger partial charge in [0.15, 0.2) is 0 Å². The molecule has 0 radical (unpaired) electrons. The predicted octanol–water partition coefficient (Wildman–Crippen LogP) is 3.08. The van der Waals surface area contributed by atoms with Crippen LogP contribution < -0.4 is 10.6 Å². The van der Waals surface area contributed by atoms with Crippen molar-refractivity contribution in [1.29, 1.82) is 0 Å². The number of piperidine rings is 1. The van der Waals surface area contributed by atoms with Crippen LogP contribution in [0, 0.1) is 11.3 Å². The van der Waals surface area contributed by atoms with Crippen LogP contribution in [0.15, 0.2) is 0 Å². The van der Waals surface area contributed by atoms with Gasteiger partial charge < -0.3 is 10.6 Å². The van der Waals surface area contributed by atoms with Crippen molar-refractivity contribution in [1.82, 2.24) is 10.6 Å². The maximum atomic E-state index is 3.93. The monoisotopic (exact) mass is 250 g/mol. The van der Waals surface area contributed by atoms with Gasteiger partial charge in [-0.1, -0.05) is 26.2 Å². The number of hydrogen-bond acceptors (Lipinski definition) is 2. The first-order valence-corrected chi connectivity index (χ1v) is 8.24. The summed E-state index contributed by atoms with van der Waals surface area (Å²) in [6.45, 7) is 4.96. The van der Waals surface area contributed by atoms with Gasteiger partial charge in [0.25, 0.3) is 0 Å². The number of rotatable bonds is 4. The van der Waals surface area contributed by atoms with Crippen molar-refractivity contribution in [3.05, 3.63) is 0 Å². The minimum atomic E-state index is 0.655. The van der Waals surface area contributed by atoms with Crippen LogP contribution in [-0.4, -0.2) is 25.2 Å². The molecule has 1 heterocycles. The van der Waals surface area contributed by atoms with E-state index in [-0.39, 0.29) is 0 Å². The molecule has 2 aliphatic carbocycles. The van der Waals surface area contributed by atoms with Gasteiger partial charge in [0, 0.05) is 18.6 Å². The van der Waals surface area contributed by atoms with Gasteiger partial charge in [-0.05, 0) is 56.4 Å². The molecule has 2 saturated carbocycles. The zero-order valence-corrected chi connectivity index (χ0v) is 12.0. The summed E-state index contributed by atoms with van der Waals surface area (Å²) >= 11 is 0. The third-order valence-corrected chi connectivity index (χ3v) is 5.58. The molecule has 3 rings (SSSR count). The molecular weight excluding hydrogens is 220 g/mol. The van der Waals surface area contributed by atoms with E-state index in [0.29, 0.717) is 5.41 Å². The molecule has 0 aromatic heterocycles. The van der Waals surface area contributed by atoms with Crippen LogP contribution in [0.3, 0.4) is 0 Å². The molecule has 2 N–H and O–H groups in total. The highest BCUT2D eigenvalue weighted by Crippen LogP contribution is 2.44. The molecule has 3 fully saturated rings. The molecule has 1 aliphatic heterocycles. The smallest absolute Gasteiger partial charge is 0.0110 e. The summed E-state index contributed by atoms with van der Waals surface area (Å²) in [6.07, 6.45) is 12.9. The maximum Gasteiger partial charge on any atom is 0.0110 e. The van der Waals surface area contributed by atoms with Crippen LogP contribution in [-0.2, 0) is 0 Å². The highest BCUT2D eigenvalue weighted by Gasteiger charge is 2.39. The number of nitrogens with one attached hydrogen (secondary N) is 2. The van der Waals surface area contributed by atoms with Gasteiger partial charge in [-0.3, -0.25) is 0 Å². The van der Waals surface area contributed by atoms with Gasteiger partial charge in [-0.15, -0.1) is 0 Å². The first-order valence-electron chi connectivity index (χ1n) is 8.24. The van der Waals surface area contributed by atoms with Crippen LogP contribution in [0.1, 0.15) is 64.7 Å². The van der Waals surface area contributed by atoms with E-state index in [1.807, 2.05) is 0 Å². The Kier molecular flexibility index (Phi) is 3.95. The van der Waals surface area contributed by atoms with Crippen LogP contribution in [0.5, 0.6) is 0 Å². The van der Waals surface area contributed by atoms with Crippen molar-refractivity contribution >= 4 is 0 Å². The summed E-state index contributed by atoms with van der Waals surface area (Å²) in [5, 5.41) is 7.72. The lowest BCUT2D eigenvalue weighted by atomic mass is 9.77. The van der Waals surface area contributed by atoms with E-state index in [9.17, 15) is 0 Å². The zero-order valence-electron chi connectivity index (χ0n) is 12.0. The van der Waals surface area contributed by atoms with Crippen LogP contribution in [0.4, 0.5) is 0 Å². The van der Waals surface area contributed by atoms with Crippen LogP contribution in [0.25, 0.3) is 0 Å². The minimum Gasteiger partial charge on any atom is -0.314 e. The molecule has 0 amide bonds. The quantitative estimate of drug-likeness (QED) is 0.801. The van der Waals surface area contributed by atoms with E-state index < -0.39 is 0 Å². The van der Waals surface area contributed by atoms with E-state index in [0.717, 1.165) is 18.0 Å². The highest BCUT2D eigenvalue weighted by atomic mass is 15.0. The maximum absolute atomic E-state index is 3.93. The van der Waals surface area contributed by atoms with Gasteiger partial charge in [0.2, 0.25) is 0 Å². The fraction of sp³-hybridized carbons (Fsp3) is 1.00. The van der Waals surface area contributed by atoms with E-state index in [4.69, 9.17) is 0 Å². The fourth-order valence-corrected chi connectivity index (χ4v) is 3.91. The summed E-state index contributed by atoms with van der Waals surface area (Å²) in [5.74, 6) is 0.904. The summed E-state index contributed by atoms with van der Waals surface area (Å²) in [7, 11) is 0. The Balaban J connectivity index is 1.54. The van der Waals surface area contributed by atoms with Gasteiger partial charge >= 0.3 is 0 Å². The normalized spacial score (nSPS) is 39.5.